The molecule has 3 nitrogen and oxygen atoms in total. The van der Waals surface area contributed by atoms with E-state index >= 15 is 0 Å². The molecule has 0 heterocycles. The number of nitriles is 1. The minimum Gasteiger partial charge on any atom is -0.386 e. The summed E-state index contributed by atoms with van der Waals surface area (Å²) >= 11 is 14.6. The van der Waals surface area contributed by atoms with Gasteiger partial charge in [0.1, 0.15) is 11.9 Å². The van der Waals surface area contributed by atoms with E-state index in [1.54, 1.807) is 12.1 Å². The third-order valence-corrected chi connectivity index (χ3v) is 3.03. The summed E-state index contributed by atoms with van der Waals surface area (Å²) in [5, 5.41) is 9.33. The molecule has 0 saturated carbocycles. The van der Waals surface area contributed by atoms with Crippen LogP contribution in [0.1, 0.15) is 5.56 Å². The molecule has 1 aromatic rings. The number of hydrogen-bond donors (Lipinski definition) is 1. The number of benzene rings is 1. The summed E-state index contributed by atoms with van der Waals surface area (Å²) in [7, 11) is 0. The van der Waals surface area contributed by atoms with Gasteiger partial charge in [-0.1, -0.05) is 11.6 Å². The van der Waals surface area contributed by atoms with E-state index in [0.29, 0.717) is 20.7 Å². The number of aliphatic imine (C=N–C) groups is 1. The van der Waals surface area contributed by atoms with Crippen LogP contribution >= 0.6 is 39.1 Å². The third-order valence-electron chi connectivity index (χ3n) is 1.56. The molecule has 0 aliphatic heterocycles. The van der Waals surface area contributed by atoms with Crippen LogP contribution in [0.3, 0.4) is 0 Å². The van der Waals surface area contributed by atoms with Crippen LogP contribution in [0.15, 0.2) is 21.6 Å². The lowest BCUT2D eigenvalue weighted by atomic mass is 10.2. The van der Waals surface area contributed by atoms with Gasteiger partial charge in [0.05, 0.1) is 22.2 Å². The Morgan fingerprint density at radius 1 is 1.60 bits per heavy atom. The molecule has 0 atom stereocenters. The van der Waals surface area contributed by atoms with Crippen molar-refractivity contribution in [2.75, 3.05) is 5.88 Å². The van der Waals surface area contributed by atoms with Crippen molar-refractivity contribution in [3.05, 3.63) is 27.2 Å². The van der Waals surface area contributed by atoms with E-state index in [2.05, 4.69) is 20.9 Å². The van der Waals surface area contributed by atoms with E-state index in [9.17, 15) is 0 Å². The van der Waals surface area contributed by atoms with Gasteiger partial charge in [-0.05, 0) is 28.1 Å². The van der Waals surface area contributed by atoms with E-state index in [0.717, 1.165) is 0 Å². The lowest BCUT2D eigenvalue weighted by Crippen LogP contribution is -2.12. The van der Waals surface area contributed by atoms with Crippen molar-refractivity contribution in [3.8, 4) is 6.07 Å². The SMILES string of the molecule is N#Cc1cc(Br)c(Cl)cc1N=C(N)CCl. The molecule has 15 heavy (non-hydrogen) atoms. The molecular weight excluding hydrogens is 301 g/mol. The van der Waals surface area contributed by atoms with Crippen molar-refractivity contribution in [1.82, 2.24) is 0 Å². The van der Waals surface area contributed by atoms with Crippen molar-refractivity contribution in [2.45, 2.75) is 0 Å². The zero-order chi connectivity index (χ0) is 11.4. The van der Waals surface area contributed by atoms with E-state index in [4.69, 9.17) is 34.2 Å². The molecule has 0 bridgehead atoms. The average molecular weight is 307 g/mol. The van der Waals surface area contributed by atoms with Crippen LogP contribution in [0.5, 0.6) is 0 Å². The summed E-state index contributed by atoms with van der Waals surface area (Å²) in [4.78, 5) is 3.98. The Labute approximate surface area is 106 Å². The predicted octanol–water partition coefficient (Wildman–Crippen LogP) is 3.20. The third kappa shape index (κ3) is 3.10. The van der Waals surface area contributed by atoms with Gasteiger partial charge in [-0.25, -0.2) is 4.99 Å². The highest BCUT2D eigenvalue weighted by Gasteiger charge is 2.06. The van der Waals surface area contributed by atoms with Gasteiger partial charge in [0.2, 0.25) is 0 Å². The molecule has 78 valence electrons. The quantitative estimate of drug-likeness (QED) is 0.518. The van der Waals surface area contributed by atoms with E-state index in [1.807, 2.05) is 6.07 Å². The van der Waals surface area contributed by atoms with Crippen LogP contribution in [0.2, 0.25) is 5.02 Å². The van der Waals surface area contributed by atoms with Crippen molar-refractivity contribution in [3.63, 3.8) is 0 Å². The first-order valence-corrected chi connectivity index (χ1v) is 5.57. The molecule has 0 radical (unpaired) electrons. The summed E-state index contributed by atoms with van der Waals surface area (Å²) < 4.78 is 0.643. The van der Waals surface area contributed by atoms with Gasteiger partial charge in [0, 0.05) is 4.47 Å². The molecule has 0 amide bonds. The molecule has 6 heteroatoms. The highest BCUT2D eigenvalue weighted by Crippen LogP contribution is 2.30. The van der Waals surface area contributed by atoms with Gasteiger partial charge in [-0.3, -0.25) is 0 Å². The lowest BCUT2D eigenvalue weighted by molar-refractivity contribution is 1.40. The zero-order valence-electron chi connectivity index (χ0n) is 7.47. The fourth-order valence-corrected chi connectivity index (χ4v) is 1.46. The molecule has 0 aliphatic carbocycles. The first-order chi connectivity index (χ1) is 7.08. The second-order valence-electron chi connectivity index (χ2n) is 2.63. The van der Waals surface area contributed by atoms with Gasteiger partial charge in [0.25, 0.3) is 0 Å². The van der Waals surface area contributed by atoms with Gasteiger partial charge in [-0.15, -0.1) is 11.6 Å². The first-order valence-electron chi connectivity index (χ1n) is 3.86. The second kappa shape index (κ2) is 5.36. The number of nitrogens with zero attached hydrogens (tertiary/aromatic N) is 2. The van der Waals surface area contributed by atoms with Gasteiger partial charge in [0.15, 0.2) is 0 Å². The van der Waals surface area contributed by atoms with Gasteiger partial charge < -0.3 is 5.73 Å². The number of hydrogen-bond acceptors (Lipinski definition) is 2. The Morgan fingerprint density at radius 3 is 2.80 bits per heavy atom. The molecule has 0 unspecified atom stereocenters. The molecule has 0 fully saturated rings. The van der Waals surface area contributed by atoms with Crippen molar-refractivity contribution < 1.29 is 0 Å². The van der Waals surface area contributed by atoms with Crippen LogP contribution < -0.4 is 5.73 Å². The fourth-order valence-electron chi connectivity index (χ4n) is 0.903. The summed E-state index contributed by atoms with van der Waals surface area (Å²) in [6.07, 6.45) is 0. The topological polar surface area (TPSA) is 62.2 Å². The molecule has 0 spiro atoms. The smallest absolute Gasteiger partial charge is 0.115 e. The largest absolute Gasteiger partial charge is 0.386 e. The number of rotatable bonds is 2. The molecule has 1 rings (SSSR count). The summed E-state index contributed by atoms with van der Waals surface area (Å²) in [6, 6.07) is 5.14. The lowest BCUT2D eigenvalue weighted by Gasteiger charge is -2.02. The highest BCUT2D eigenvalue weighted by molar-refractivity contribution is 9.10. The number of halogens is 3. The Kier molecular flexibility index (Phi) is 4.40. The van der Waals surface area contributed by atoms with E-state index in [-0.39, 0.29) is 11.7 Å². The molecule has 2 N–H and O–H groups in total. The maximum Gasteiger partial charge on any atom is 0.115 e. The van der Waals surface area contributed by atoms with Crippen molar-refractivity contribution in [2.24, 2.45) is 10.7 Å². The van der Waals surface area contributed by atoms with Crippen molar-refractivity contribution >= 4 is 50.7 Å². The summed E-state index contributed by atoms with van der Waals surface area (Å²) in [6.45, 7) is 0. The molecule has 0 aliphatic rings. The summed E-state index contributed by atoms with van der Waals surface area (Å²) in [5.41, 5.74) is 6.28. The maximum atomic E-state index is 8.86. The molecule has 0 aromatic heterocycles. The monoisotopic (exact) mass is 305 g/mol. The Morgan fingerprint density at radius 2 is 2.27 bits per heavy atom. The zero-order valence-corrected chi connectivity index (χ0v) is 10.6. The number of nitrogens with two attached hydrogens (primary N) is 1. The first kappa shape index (κ1) is 12.3. The minimum atomic E-state index is 0.110. The van der Waals surface area contributed by atoms with E-state index < -0.39 is 0 Å². The average Bonchev–Trinajstić information content (AvgIpc) is 2.22. The standard InChI is InChI=1S/C9H6BrCl2N3/c10-6-1-5(4-13)8(2-7(6)12)15-9(14)3-11/h1-2H,3H2,(H2,14,15). The molecule has 1 aromatic carbocycles. The van der Waals surface area contributed by atoms with Crippen LogP contribution in [-0.4, -0.2) is 11.7 Å². The Bertz CT molecular complexity index is 451. The van der Waals surface area contributed by atoms with Crippen LogP contribution in [0.25, 0.3) is 0 Å². The predicted molar refractivity (Wildman–Crippen MR) is 65.9 cm³/mol. The highest BCUT2D eigenvalue weighted by atomic mass is 79.9. The normalized spacial score (nSPS) is 11.2. The van der Waals surface area contributed by atoms with E-state index in [1.165, 1.54) is 0 Å². The fraction of sp³-hybridized carbons (Fsp3) is 0.111. The van der Waals surface area contributed by atoms with Crippen LogP contribution in [-0.2, 0) is 0 Å². The number of alkyl halides is 1. The van der Waals surface area contributed by atoms with Gasteiger partial charge in [-0.2, -0.15) is 5.26 Å². The molecule has 0 saturated heterocycles. The van der Waals surface area contributed by atoms with Crippen LogP contribution in [0.4, 0.5) is 5.69 Å². The molecular formula is C9H6BrCl2N3. The van der Waals surface area contributed by atoms with Crippen molar-refractivity contribution in [1.29, 1.82) is 5.26 Å². The maximum absolute atomic E-state index is 8.86. The van der Waals surface area contributed by atoms with Gasteiger partial charge >= 0.3 is 0 Å². The number of amidine groups is 1. The Balaban J connectivity index is 3.30. The summed E-state index contributed by atoms with van der Waals surface area (Å²) in [5.74, 6) is 0.352. The minimum absolute atomic E-state index is 0.110. The second-order valence-corrected chi connectivity index (χ2v) is 4.16. The Hall–Kier alpha value is -0.760. The van der Waals surface area contributed by atoms with Crippen LogP contribution in [0, 0.1) is 11.3 Å².